The van der Waals surface area contributed by atoms with Gasteiger partial charge in [-0.15, -0.1) is 0 Å². The Morgan fingerprint density at radius 1 is 1.15 bits per heavy atom. The van der Waals surface area contributed by atoms with E-state index in [0.717, 1.165) is 22.6 Å². The zero-order valence-electron chi connectivity index (χ0n) is 14.9. The van der Waals surface area contributed by atoms with Crippen LogP contribution in [-0.4, -0.2) is 50.0 Å². The first kappa shape index (κ1) is 16.4. The van der Waals surface area contributed by atoms with Crippen LogP contribution in [0.5, 0.6) is 0 Å². The lowest BCUT2D eigenvalue weighted by Crippen LogP contribution is -2.28. The molecule has 1 fully saturated rings. The Balaban J connectivity index is 1.70. The predicted octanol–water partition coefficient (Wildman–Crippen LogP) is 2.80. The molecule has 2 aromatic heterocycles. The second kappa shape index (κ2) is 6.67. The van der Waals surface area contributed by atoms with E-state index in [2.05, 4.69) is 40.6 Å². The molecule has 0 bridgehead atoms. The van der Waals surface area contributed by atoms with E-state index in [1.54, 1.807) is 17.3 Å². The summed E-state index contributed by atoms with van der Waals surface area (Å²) < 4.78 is 8.95. The average Bonchev–Trinajstić information content (AvgIpc) is 3.34. The van der Waals surface area contributed by atoms with Crippen molar-refractivity contribution in [1.82, 2.24) is 24.2 Å². The van der Waals surface area contributed by atoms with E-state index < -0.39 is 0 Å². The molecular weight excluding hydrogens is 330 g/mol. The van der Waals surface area contributed by atoms with Gasteiger partial charge >= 0.3 is 6.09 Å². The molecule has 134 valence electrons. The maximum Gasteiger partial charge on any atom is 0.410 e. The van der Waals surface area contributed by atoms with Crippen molar-refractivity contribution in [3.05, 3.63) is 54.1 Å². The molecule has 7 nitrogen and oxygen atoms in total. The van der Waals surface area contributed by atoms with Gasteiger partial charge in [-0.25, -0.2) is 14.5 Å². The van der Waals surface area contributed by atoms with Crippen LogP contribution in [0.1, 0.15) is 11.1 Å². The maximum absolute atomic E-state index is 11.7. The Bertz CT molecular complexity index is 930. The van der Waals surface area contributed by atoms with Gasteiger partial charge in [-0.3, -0.25) is 0 Å². The summed E-state index contributed by atoms with van der Waals surface area (Å²) in [6, 6.07) is 6.19. The Hall–Kier alpha value is -3.09. The number of imidazole rings is 1. The lowest BCUT2D eigenvalue weighted by molar-refractivity contribution is 0.157. The summed E-state index contributed by atoms with van der Waals surface area (Å²) in [5, 5.41) is 4.41. The number of carbonyl (C=O) groups is 1. The van der Waals surface area contributed by atoms with Crippen molar-refractivity contribution >= 4 is 6.09 Å². The standard InChI is InChI=1S/C19H21N5O2/c1-14-12-15(2)17(24-6-3-4-21-24)16(13-14)18-20-5-7-22(18)8-9-23-10-11-26-19(23)25/h3-7,12-13H,8-11H2,1-2H3. The van der Waals surface area contributed by atoms with Crippen LogP contribution in [-0.2, 0) is 11.3 Å². The van der Waals surface area contributed by atoms with Gasteiger partial charge in [0.05, 0.1) is 12.2 Å². The van der Waals surface area contributed by atoms with Crippen LogP contribution in [0.4, 0.5) is 4.79 Å². The number of nitrogens with zero attached hydrogens (tertiary/aromatic N) is 5. The maximum atomic E-state index is 11.7. The molecule has 1 saturated heterocycles. The number of ether oxygens (including phenoxy) is 1. The van der Waals surface area contributed by atoms with Crippen LogP contribution in [0.3, 0.4) is 0 Å². The van der Waals surface area contributed by atoms with Gasteiger partial charge in [0, 0.05) is 43.4 Å². The van der Waals surface area contributed by atoms with E-state index in [4.69, 9.17) is 4.74 Å². The molecule has 1 aliphatic rings. The Morgan fingerprint density at radius 3 is 2.77 bits per heavy atom. The molecule has 0 radical (unpaired) electrons. The monoisotopic (exact) mass is 351 g/mol. The van der Waals surface area contributed by atoms with Crippen molar-refractivity contribution in [2.24, 2.45) is 0 Å². The van der Waals surface area contributed by atoms with Crippen molar-refractivity contribution in [2.45, 2.75) is 20.4 Å². The molecule has 4 rings (SSSR count). The van der Waals surface area contributed by atoms with Gasteiger partial charge in [0.25, 0.3) is 0 Å². The van der Waals surface area contributed by atoms with Crippen LogP contribution in [0.15, 0.2) is 43.0 Å². The van der Waals surface area contributed by atoms with Crippen molar-refractivity contribution in [2.75, 3.05) is 19.7 Å². The van der Waals surface area contributed by atoms with E-state index in [1.807, 2.05) is 23.1 Å². The number of carbonyl (C=O) groups excluding carboxylic acids is 1. The second-order valence-corrected chi connectivity index (χ2v) is 6.47. The topological polar surface area (TPSA) is 65.2 Å². The van der Waals surface area contributed by atoms with Crippen molar-refractivity contribution in [3.63, 3.8) is 0 Å². The van der Waals surface area contributed by atoms with Crippen molar-refractivity contribution in [1.29, 1.82) is 0 Å². The molecule has 0 spiro atoms. The van der Waals surface area contributed by atoms with Gasteiger partial charge in [0.1, 0.15) is 12.4 Å². The number of aryl methyl sites for hydroxylation is 2. The first-order chi connectivity index (χ1) is 12.6. The highest BCUT2D eigenvalue weighted by molar-refractivity contribution is 5.71. The van der Waals surface area contributed by atoms with Crippen LogP contribution in [0.25, 0.3) is 17.1 Å². The second-order valence-electron chi connectivity index (χ2n) is 6.47. The van der Waals surface area contributed by atoms with Gasteiger partial charge in [-0.2, -0.15) is 5.10 Å². The van der Waals surface area contributed by atoms with Crippen LogP contribution in [0, 0.1) is 13.8 Å². The quantitative estimate of drug-likeness (QED) is 0.709. The zero-order chi connectivity index (χ0) is 18.1. The average molecular weight is 351 g/mol. The summed E-state index contributed by atoms with van der Waals surface area (Å²) in [6.45, 7) is 6.54. The summed E-state index contributed by atoms with van der Waals surface area (Å²) in [7, 11) is 0. The molecule has 3 heterocycles. The molecule has 1 aromatic carbocycles. The normalized spacial score (nSPS) is 14.1. The van der Waals surface area contributed by atoms with Crippen molar-refractivity contribution < 1.29 is 9.53 Å². The molecule has 7 heteroatoms. The third kappa shape index (κ3) is 2.96. The smallest absolute Gasteiger partial charge is 0.410 e. The zero-order valence-corrected chi connectivity index (χ0v) is 14.9. The van der Waals surface area contributed by atoms with E-state index in [0.29, 0.717) is 26.2 Å². The SMILES string of the molecule is Cc1cc(C)c(-n2cccn2)c(-c2nccn2CCN2CCOC2=O)c1. The fourth-order valence-electron chi connectivity index (χ4n) is 3.43. The van der Waals surface area contributed by atoms with E-state index >= 15 is 0 Å². The van der Waals surface area contributed by atoms with Gasteiger partial charge in [0.15, 0.2) is 0 Å². The highest BCUT2D eigenvalue weighted by Gasteiger charge is 2.22. The molecule has 0 unspecified atom stereocenters. The molecular formula is C19H21N5O2. The van der Waals surface area contributed by atoms with E-state index in [1.165, 1.54) is 5.56 Å². The number of hydrogen-bond acceptors (Lipinski definition) is 4. The number of rotatable bonds is 5. The minimum absolute atomic E-state index is 0.240. The fourth-order valence-corrected chi connectivity index (χ4v) is 3.43. The Labute approximate surface area is 151 Å². The lowest BCUT2D eigenvalue weighted by Gasteiger charge is -2.17. The molecule has 0 N–H and O–H groups in total. The molecule has 1 amide bonds. The van der Waals surface area contributed by atoms with Gasteiger partial charge < -0.3 is 14.2 Å². The molecule has 1 aliphatic heterocycles. The molecule has 3 aromatic rings. The predicted molar refractivity (Wildman–Crippen MR) is 97.2 cm³/mol. The Morgan fingerprint density at radius 2 is 2.04 bits per heavy atom. The van der Waals surface area contributed by atoms with Crippen LogP contribution < -0.4 is 0 Å². The summed E-state index contributed by atoms with van der Waals surface area (Å²) >= 11 is 0. The Kier molecular flexibility index (Phi) is 4.20. The number of benzene rings is 1. The molecule has 0 saturated carbocycles. The minimum Gasteiger partial charge on any atom is -0.448 e. The number of aromatic nitrogens is 4. The van der Waals surface area contributed by atoms with Gasteiger partial charge in [-0.05, 0) is 37.1 Å². The third-order valence-electron chi connectivity index (χ3n) is 4.59. The summed E-state index contributed by atoms with van der Waals surface area (Å²) in [4.78, 5) is 18.0. The number of cyclic esters (lactones) is 1. The van der Waals surface area contributed by atoms with Crippen LogP contribution >= 0.6 is 0 Å². The molecule has 26 heavy (non-hydrogen) atoms. The first-order valence-corrected chi connectivity index (χ1v) is 8.68. The largest absolute Gasteiger partial charge is 0.448 e. The summed E-state index contributed by atoms with van der Waals surface area (Å²) in [5.41, 5.74) is 4.36. The molecule has 0 atom stereocenters. The third-order valence-corrected chi connectivity index (χ3v) is 4.59. The van der Waals surface area contributed by atoms with Crippen LogP contribution in [0.2, 0.25) is 0 Å². The fraction of sp³-hybridized carbons (Fsp3) is 0.316. The lowest BCUT2D eigenvalue weighted by atomic mass is 10.0. The van der Waals surface area contributed by atoms with Crippen molar-refractivity contribution in [3.8, 4) is 17.1 Å². The summed E-state index contributed by atoms with van der Waals surface area (Å²) in [5.74, 6) is 0.870. The number of hydrogen-bond donors (Lipinski definition) is 0. The van der Waals surface area contributed by atoms with E-state index in [-0.39, 0.29) is 6.09 Å². The van der Waals surface area contributed by atoms with Gasteiger partial charge in [-0.1, -0.05) is 6.07 Å². The van der Waals surface area contributed by atoms with E-state index in [9.17, 15) is 4.79 Å². The first-order valence-electron chi connectivity index (χ1n) is 8.68. The number of amides is 1. The molecule has 0 aliphatic carbocycles. The van der Waals surface area contributed by atoms with Gasteiger partial charge in [0.2, 0.25) is 0 Å². The minimum atomic E-state index is -0.240. The summed E-state index contributed by atoms with van der Waals surface area (Å²) in [6.07, 6.45) is 7.21. The highest BCUT2D eigenvalue weighted by atomic mass is 16.6. The highest BCUT2D eigenvalue weighted by Crippen LogP contribution is 2.29.